The SMILES string of the molecule is CCN(C(=O)C1CC=CC1)C1CCCN(C(=O)c2ncnc3sccc23)CC1. The molecule has 6 nitrogen and oxygen atoms in total. The van der Waals surface area contributed by atoms with Crippen LogP contribution in [-0.2, 0) is 4.79 Å². The number of likely N-dealkylation sites (tertiary alicyclic amines) is 1. The first-order valence-corrected chi connectivity index (χ1v) is 11.0. The second-order valence-corrected chi connectivity index (χ2v) is 8.40. The summed E-state index contributed by atoms with van der Waals surface area (Å²) in [5.41, 5.74) is 0.491. The highest BCUT2D eigenvalue weighted by Gasteiger charge is 2.31. The van der Waals surface area contributed by atoms with E-state index in [1.165, 1.54) is 17.7 Å². The second kappa shape index (κ2) is 8.39. The van der Waals surface area contributed by atoms with Crippen LogP contribution in [-0.4, -0.2) is 57.3 Å². The molecular weight excluding hydrogens is 372 g/mol. The number of amides is 2. The summed E-state index contributed by atoms with van der Waals surface area (Å²) >= 11 is 1.52. The van der Waals surface area contributed by atoms with E-state index in [1.807, 2.05) is 21.2 Å². The minimum Gasteiger partial charge on any atom is -0.340 e. The van der Waals surface area contributed by atoms with Crippen molar-refractivity contribution in [1.29, 1.82) is 0 Å². The number of aromatic nitrogens is 2. The lowest BCUT2D eigenvalue weighted by molar-refractivity contribution is -0.137. The Morgan fingerprint density at radius 3 is 2.82 bits per heavy atom. The van der Waals surface area contributed by atoms with Gasteiger partial charge < -0.3 is 9.80 Å². The summed E-state index contributed by atoms with van der Waals surface area (Å²) in [4.78, 5) is 39.3. The lowest BCUT2D eigenvalue weighted by Crippen LogP contribution is -2.43. The predicted octanol–water partition coefficient (Wildman–Crippen LogP) is 3.50. The molecule has 148 valence electrons. The van der Waals surface area contributed by atoms with Crippen LogP contribution in [0.2, 0.25) is 0 Å². The van der Waals surface area contributed by atoms with E-state index in [1.54, 1.807) is 0 Å². The van der Waals surface area contributed by atoms with Crippen LogP contribution in [0, 0.1) is 5.92 Å². The average Bonchev–Trinajstić information content (AvgIpc) is 3.36. The first-order chi connectivity index (χ1) is 13.7. The third-order valence-corrected chi connectivity index (χ3v) is 6.69. The Morgan fingerprint density at radius 2 is 2.04 bits per heavy atom. The van der Waals surface area contributed by atoms with Gasteiger partial charge in [-0.2, -0.15) is 0 Å². The van der Waals surface area contributed by atoms with Gasteiger partial charge in [0.2, 0.25) is 5.91 Å². The van der Waals surface area contributed by atoms with Crippen LogP contribution < -0.4 is 0 Å². The molecule has 4 rings (SSSR count). The van der Waals surface area contributed by atoms with Gasteiger partial charge in [-0.25, -0.2) is 9.97 Å². The molecule has 1 aliphatic carbocycles. The second-order valence-electron chi connectivity index (χ2n) is 7.50. The van der Waals surface area contributed by atoms with Crippen molar-refractivity contribution in [3.05, 3.63) is 35.6 Å². The Morgan fingerprint density at radius 1 is 1.21 bits per heavy atom. The first-order valence-electron chi connectivity index (χ1n) is 10.1. The molecule has 28 heavy (non-hydrogen) atoms. The van der Waals surface area contributed by atoms with E-state index in [0.29, 0.717) is 18.8 Å². The number of allylic oxidation sites excluding steroid dienone is 2. The molecule has 0 N–H and O–H groups in total. The van der Waals surface area contributed by atoms with E-state index in [-0.39, 0.29) is 23.8 Å². The number of thiophene rings is 1. The number of hydrogen-bond donors (Lipinski definition) is 0. The van der Waals surface area contributed by atoms with Crippen molar-refractivity contribution in [2.45, 2.75) is 45.1 Å². The maximum absolute atomic E-state index is 13.1. The Labute approximate surface area is 169 Å². The number of nitrogens with zero attached hydrogens (tertiary/aromatic N) is 4. The zero-order chi connectivity index (χ0) is 19.5. The number of fused-ring (bicyclic) bond motifs is 1. The highest BCUT2D eigenvalue weighted by atomic mass is 32.1. The van der Waals surface area contributed by atoms with Gasteiger partial charge in [-0.05, 0) is 50.5 Å². The van der Waals surface area contributed by atoms with Crippen molar-refractivity contribution in [2.24, 2.45) is 5.92 Å². The van der Waals surface area contributed by atoms with Gasteiger partial charge >= 0.3 is 0 Å². The number of carbonyl (C=O) groups excluding carboxylic acids is 2. The summed E-state index contributed by atoms with van der Waals surface area (Å²) < 4.78 is 0. The lowest BCUT2D eigenvalue weighted by atomic mass is 10.0. The molecule has 1 unspecified atom stereocenters. The Kier molecular flexibility index (Phi) is 5.71. The fraction of sp³-hybridized carbons (Fsp3) is 0.524. The standard InChI is InChI=1S/C21H26N4O2S/c1-2-25(20(26)15-6-3-4-7-15)16-8-5-11-24(12-9-16)21(27)18-17-10-13-28-19(17)23-14-22-18/h3-4,10,13-16H,2,5-9,11-12H2,1H3. The van der Waals surface area contributed by atoms with E-state index in [4.69, 9.17) is 0 Å². The molecule has 2 amide bonds. The molecule has 0 radical (unpaired) electrons. The van der Waals surface area contributed by atoms with Crippen molar-refractivity contribution in [1.82, 2.24) is 19.8 Å². The molecule has 0 saturated carbocycles. The molecule has 0 bridgehead atoms. The molecule has 2 aliphatic rings. The summed E-state index contributed by atoms with van der Waals surface area (Å²) in [5.74, 6) is 0.350. The van der Waals surface area contributed by atoms with E-state index in [9.17, 15) is 9.59 Å². The summed E-state index contributed by atoms with van der Waals surface area (Å²) in [6.07, 6.45) is 10.1. The van der Waals surface area contributed by atoms with Gasteiger partial charge in [-0.3, -0.25) is 9.59 Å². The smallest absolute Gasteiger partial charge is 0.273 e. The zero-order valence-electron chi connectivity index (χ0n) is 16.2. The van der Waals surface area contributed by atoms with Crippen LogP contribution in [0.25, 0.3) is 10.2 Å². The Hall–Kier alpha value is -2.28. The van der Waals surface area contributed by atoms with Crippen LogP contribution >= 0.6 is 11.3 Å². The van der Waals surface area contributed by atoms with Crippen molar-refractivity contribution < 1.29 is 9.59 Å². The molecular formula is C21H26N4O2S. The molecule has 1 saturated heterocycles. The van der Waals surface area contributed by atoms with Crippen molar-refractivity contribution >= 4 is 33.4 Å². The summed E-state index contributed by atoms with van der Waals surface area (Å²) in [6, 6.07) is 2.13. The summed E-state index contributed by atoms with van der Waals surface area (Å²) in [6.45, 7) is 4.16. The van der Waals surface area contributed by atoms with Crippen LogP contribution in [0.5, 0.6) is 0 Å². The summed E-state index contributed by atoms with van der Waals surface area (Å²) in [7, 11) is 0. The zero-order valence-corrected chi connectivity index (χ0v) is 17.0. The molecule has 0 aromatic carbocycles. The summed E-state index contributed by atoms with van der Waals surface area (Å²) in [5, 5.41) is 2.77. The van der Waals surface area contributed by atoms with Crippen LogP contribution in [0.15, 0.2) is 29.9 Å². The molecule has 2 aromatic heterocycles. The number of hydrogen-bond acceptors (Lipinski definition) is 5. The molecule has 7 heteroatoms. The van der Waals surface area contributed by atoms with Crippen molar-refractivity contribution in [3.8, 4) is 0 Å². The fourth-order valence-electron chi connectivity index (χ4n) is 4.35. The van der Waals surface area contributed by atoms with E-state index in [0.717, 1.165) is 48.9 Å². The maximum atomic E-state index is 13.1. The van der Waals surface area contributed by atoms with Crippen LogP contribution in [0.3, 0.4) is 0 Å². The highest BCUT2D eigenvalue weighted by Crippen LogP contribution is 2.26. The van der Waals surface area contributed by atoms with Crippen molar-refractivity contribution in [3.63, 3.8) is 0 Å². The van der Waals surface area contributed by atoms with Crippen LogP contribution in [0.4, 0.5) is 0 Å². The van der Waals surface area contributed by atoms with Gasteiger partial charge in [0.05, 0.1) is 0 Å². The van der Waals surface area contributed by atoms with Crippen molar-refractivity contribution in [2.75, 3.05) is 19.6 Å². The minimum absolute atomic E-state index is 0.0270. The Bertz CT molecular complexity index is 885. The molecule has 0 spiro atoms. The van der Waals surface area contributed by atoms with E-state index < -0.39 is 0 Å². The van der Waals surface area contributed by atoms with Gasteiger partial charge in [-0.15, -0.1) is 11.3 Å². The third kappa shape index (κ3) is 3.68. The predicted molar refractivity (Wildman–Crippen MR) is 110 cm³/mol. The van der Waals surface area contributed by atoms with Gasteiger partial charge in [0.25, 0.3) is 5.91 Å². The van der Waals surface area contributed by atoms with Gasteiger partial charge in [0.15, 0.2) is 0 Å². The molecule has 1 atom stereocenters. The largest absolute Gasteiger partial charge is 0.340 e. The molecule has 1 fully saturated rings. The average molecular weight is 399 g/mol. The maximum Gasteiger partial charge on any atom is 0.273 e. The van der Waals surface area contributed by atoms with Gasteiger partial charge in [0, 0.05) is 37.0 Å². The Balaban J connectivity index is 1.45. The fourth-order valence-corrected chi connectivity index (χ4v) is 5.08. The molecule has 3 heterocycles. The van der Waals surface area contributed by atoms with Gasteiger partial charge in [0.1, 0.15) is 16.9 Å². The first kappa shape index (κ1) is 19.1. The van der Waals surface area contributed by atoms with Crippen LogP contribution in [0.1, 0.15) is 49.5 Å². The quantitative estimate of drug-likeness (QED) is 0.740. The van der Waals surface area contributed by atoms with E-state index >= 15 is 0 Å². The third-order valence-electron chi connectivity index (χ3n) is 5.87. The monoisotopic (exact) mass is 398 g/mol. The normalized spacial score (nSPS) is 20.5. The van der Waals surface area contributed by atoms with Gasteiger partial charge in [-0.1, -0.05) is 12.2 Å². The molecule has 2 aromatic rings. The molecule has 1 aliphatic heterocycles. The topological polar surface area (TPSA) is 66.4 Å². The minimum atomic E-state index is -0.0270. The lowest BCUT2D eigenvalue weighted by Gasteiger charge is -2.32. The highest BCUT2D eigenvalue weighted by molar-refractivity contribution is 7.16. The van der Waals surface area contributed by atoms with E-state index in [2.05, 4.69) is 29.0 Å². The number of rotatable bonds is 4. The number of carbonyl (C=O) groups is 2.